The number of rotatable bonds is 2. The van der Waals surface area contributed by atoms with Gasteiger partial charge < -0.3 is 11.1 Å². The molecule has 1 aromatic rings. The first kappa shape index (κ1) is 17.3. The third kappa shape index (κ3) is 4.40. The lowest BCUT2D eigenvalue weighted by molar-refractivity contribution is -0.120. The minimum Gasteiger partial charge on any atom is -0.328 e. The zero-order valence-electron chi connectivity index (χ0n) is 12.2. The number of carbonyl (C=O) groups is 1. The molecule has 1 aliphatic carbocycles. The molecule has 0 radical (unpaired) electrons. The van der Waals surface area contributed by atoms with Crippen LogP contribution in [0.5, 0.6) is 0 Å². The molecule has 3 N–H and O–H groups in total. The van der Waals surface area contributed by atoms with Crippen molar-refractivity contribution in [2.24, 2.45) is 11.7 Å². The summed E-state index contributed by atoms with van der Waals surface area (Å²) in [6, 6.07) is 0.157. The van der Waals surface area contributed by atoms with Crippen LogP contribution >= 0.6 is 23.7 Å². The first-order valence-electron chi connectivity index (χ1n) is 6.76. The van der Waals surface area contributed by atoms with Crippen LogP contribution in [0.1, 0.15) is 51.5 Å². The monoisotopic (exact) mass is 318 g/mol. The van der Waals surface area contributed by atoms with Crippen molar-refractivity contribution in [2.75, 3.05) is 5.32 Å². The van der Waals surface area contributed by atoms with Crippen LogP contribution in [0, 0.1) is 5.92 Å². The molecule has 7 heteroatoms. The van der Waals surface area contributed by atoms with E-state index in [0.717, 1.165) is 30.7 Å². The van der Waals surface area contributed by atoms with Gasteiger partial charge >= 0.3 is 0 Å². The van der Waals surface area contributed by atoms with Crippen molar-refractivity contribution in [1.82, 2.24) is 10.2 Å². The Bertz CT molecular complexity index is 457. The quantitative estimate of drug-likeness (QED) is 0.878. The predicted octanol–water partition coefficient (Wildman–Crippen LogP) is 2.71. The number of nitrogens with zero attached hydrogens (tertiary/aromatic N) is 2. The van der Waals surface area contributed by atoms with Crippen LogP contribution in [0.3, 0.4) is 0 Å². The van der Waals surface area contributed by atoms with Gasteiger partial charge in [0.25, 0.3) is 0 Å². The minimum absolute atomic E-state index is 0. The number of nitrogens with one attached hydrogen (secondary N) is 1. The standard InChI is InChI=1S/C13H22N4OS.ClH/c1-13(2,3)11-16-17-12(19-11)15-10(18)8-5-4-6-9(14)7-8;/h8-9H,4-7,14H2,1-3H3,(H,15,17,18);1H. The summed E-state index contributed by atoms with van der Waals surface area (Å²) in [4.78, 5) is 12.1. The molecule has 1 aliphatic rings. The molecule has 2 unspecified atom stereocenters. The van der Waals surface area contributed by atoms with E-state index in [-0.39, 0.29) is 35.7 Å². The average Bonchev–Trinajstić information content (AvgIpc) is 2.77. The summed E-state index contributed by atoms with van der Waals surface area (Å²) in [5.41, 5.74) is 5.88. The maximum Gasteiger partial charge on any atom is 0.229 e. The molecule has 0 saturated heterocycles. The van der Waals surface area contributed by atoms with Crippen molar-refractivity contribution in [2.45, 2.75) is 57.9 Å². The molecule has 0 spiro atoms. The summed E-state index contributed by atoms with van der Waals surface area (Å²) in [6.45, 7) is 6.25. The van der Waals surface area contributed by atoms with Crippen LogP contribution in [0.25, 0.3) is 0 Å². The van der Waals surface area contributed by atoms with Gasteiger partial charge in [-0.25, -0.2) is 0 Å². The maximum absolute atomic E-state index is 12.1. The van der Waals surface area contributed by atoms with Gasteiger partial charge in [0, 0.05) is 17.4 Å². The van der Waals surface area contributed by atoms with Crippen LogP contribution < -0.4 is 11.1 Å². The van der Waals surface area contributed by atoms with E-state index in [1.807, 2.05) is 0 Å². The zero-order chi connectivity index (χ0) is 14.0. The number of aromatic nitrogens is 2. The second-order valence-corrected chi connectivity index (χ2v) is 7.25. The molecule has 1 saturated carbocycles. The summed E-state index contributed by atoms with van der Waals surface area (Å²) in [7, 11) is 0. The lowest BCUT2D eigenvalue weighted by atomic mass is 9.86. The van der Waals surface area contributed by atoms with E-state index in [1.54, 1.807) is 0 Å². The molecule has 0 aromatic carbocycles. The molecule has 1 amide bonds. The van der Waals surface area contributed by atoms with Gasteiger partial charge in [-0.1, -0.05) is 38.5 Å². The Kier molecular flexibility index (Phi) is 5.91. The number of nitrogens with two attached hydrogens (primary N) is 1. The van der Waals surface area contributed by atoms with Gasteiger partial charge in [-0.2, -0.15) is 0 Å². The molecule has 114 valence electrons. The van der Waals surface area contributed by atoms with Crippen LogP contribution in [-0.4, -0.2) is 22.1 Å². The summed E-state index contributed by atoms with van der Waals surface area (Å²) in [5.74, 6) is 0.0532. The van der Waals surface area contributed by atoms with Crippen molar-refractivity contribution in [3.8, 4) is 0 Å². The lowest BCUT2D eigenvalue weighted by Gasteiger charge is -2.25. The van der Waals surface area contributed by atoms with E-state index >= 15 is 0 Å². The minimum atomic E-state index is -0.0339. The molecular weight excluding hydrogens is 296 g/mol. The molecular formula is C13H23ClN4OS. The predicted molar refractivity (Wildman–Crippen MR) is 84.4 cm³/mol. The van der Waals surface area contributed by atoms with Crippen LogP contribution in [0.4, 0.5) is 5.13 Å². The summed E-state index contributed by atoms with van der Waals surface area (Å²) in [5, 5.41) is 12.6. The zero-order valence-corrected chi connectivity index (χ0v) is 13.8. The number of amides is 1. The van der Waals surface area contributed by atoms with E-state index in [1.165, 1.54) is 11.3 Å². The van der Waals surface area contributed by atoms with Gasteiger partial charge in [-0.15, -0.1) is 22.6 Å². The van der Waals surface area contributed by atoms with Crippen molar-refractivity contribution in [1.29, 1.82) is 0 Å². The van der Waals surface area contributed by atoms with E-state index in [0.29, 0.717) is 5.13 Å². The number of anilines is 1. The van der Waals surface area contributed by atoms with Crippen LogP contribution in [-0.2, 0) is 10.2 Å². The molecule has 5 nitrogen and oxygen atoms in total. The van der Waals surface area contributed by atoms with Crippen LogP contribution in [0.2, 0.25) is 0 Å². The van der Waals surface area contributed by atoms with Crippen molar-refractivity contribution < 1.29 is 4.79 Å². The van der Waals surface area contributed by atoms with Crippen molar-refractivity contribution in [3.63, 3.8) is 0 Å². The highest BCUT2D eigenvalue weighted by Gasteiger charge is 2.26. The maximum atomic E-state index is 12.1. The first-order chi connectivity index (χ1) is 8.86. The number of carbonyl (C=O) groups excluding carboxylic acids is 1. The topological polar surface area (TPSA) is 80.9 Å². The van der Waals surface area contributed by atoms with Gasteiger partial charge in [0.15, 0.2) is 0 Å². The Labute approximate surface area is 130 Å². The van der Waals surface area contributed by atoms with Gasteiger partial charge in [-0.05, 0) is 19.3 Å². The summed E-state index contributed by atoms with van der Waals surface area (Å²) in [6.07, 6.45) is 3.75. The van der Waals surface area contributed by atoms with E-state index in [4.69, 9.17) is 5.73 Å². The SMILES string of the molecule is CC(C)(C)c1nnc(NC(=O)C2CCCC(N)C2)s1.Cl. The summed E-state index contributed by atoms with van der Waals surface area (Å²) >= 11 is 1.45. The molecule has 20 heavy (non-hydrogen) atoms. The average molecular weight is 319 g/mol. The Morgan fingerprint density at radius 2 is 2.05 bits per heavy atom. The highest BCUT2D eigenvalue weighted by atomic mass is 35.5. The molecule has 0 bridgehead atoms. The van der Waals surface area contributed by atoms with Gasteiger partial charge in [0.2, 0.25) is 11.0 Å². The van der Waals surface area contributed by atoms with E-state index < -0.39 is 0 Å². The largest absolute Gasteiger partial charge is 0.328 e. The van der Waals surface area contributed by atoms with Crippen molar-refractivity contribution in [3.05, 3.63) is 5.01 Å². The molecule has 2 rings (SSSR count). The van der Waals surface area contributed by atoms with E-state index in [2.05, 4.69) is 36.3 Å². The second kappa shape index (κ2) is 6.83. The number of halogens is 1. The highest BCUT2D eigenvalue weighted by molar-refractivity contribution is 7.15. The molecule has 1 fully saturated rings. The smallest absolute Gasteiger partial charge is 0.229 e. The molecule has 2 atom stereocenters. The fourth-order valence-electron chi connectivity index (χ4n) is 2.25. The lowest BCUT2D eigenvalue weighted by Crippen LogP contribution is -2.34. The van der Waals surface area contributed by atoms with E-state index in [9.17, 15) is 4.79 Å². The Balaban J connectivity index is 0.00000200. The van der Waals surface area contributed by atoms with Crippen LogP contribution in [0.15, 0.2) is 0 Å². The molecule has 0 aliphatic heterocycles. The second-order valence-electron chi connectivity index (χ2n) is 6.28. The molecule has 1 aromatic heterocycles. The first-order valence-corrected chi connectivity index (χ1v) is 7.58. The van der Waals surface area contributed by atoms with Gasteiger partial charge in [0.05, 0.1) is 0 Å². The third-order valence-electron chi connectivity index (χ3n) is 3.38. The Morgan fingerprint density at radius 3 is 2.60 bits per heavy atom. The van der Waals surface area contributed by atoms with Gasteiger partial charge in [-0.3, -0.25) is 4.79 Å². The number of hydrogen-bond donors (Lipinski definition) is 2. The van der Waals surface area contributed by atoms with Crippen molar-refractivity contribution >= 4 is 34.8 Å². The fourth-order valence-corrected chi connectivity index (χ4v) is 3.05. The number of hydrogen-bond acceptors (Lipinski definition) is 5. The Hall–Kier alpha value is -0.720. The van der Waals surface area contributed by atoms with Gasteiger partial charge in [0.1, 0.15) is 5.01 Å². The highest BCUT2D eigenvalue weighted by Crippen LogP contribution is 2.29. The Morgan fingerprint density at radius 1 is 1.35 bits per heavy atom. The summed E-state index contributed by atoms with van der Waals surface area (Å²) < 4.78 is 0. The normalized spacial score (nSPS) is 23.0. The fraction of sp³-hybridized carbons (Fsp3) is 0.769. The molecule has 1 heterocycles. The third-order valence-corrected chi connectivity index (χ3v) is 4.65.